The van der Waals surface area contributed by atoms with Crippen molar-refractivity contribution in [2.45, 2.75) is 0 Å². The standard InChI is InChI=1S/C20H21N3O4/c1-25-16-7-9-17(10-8-16)27-12-11-22-14-15(13-21)20(24)23-18-5-3-4-6-19(18)26-2/h3-10,14,22H,11-12H2,1-2H3,(H,23,24)/b15-14-. The molecule has 0 spiro atoms. The summed E-state index contributed by atoms with van der Waals surface area (Å²) in [5.41, 5.74) is 0.444. The van der Waals surface area contributed by atoms with E-state index in [9.17, 15) is 10.1 Å². The first-order valence-electron chi connectivity index (χ1n) is 8.22. The van der Waals surface area contributed by atoms with Crippen LogP contribution >= 0.6 is 0 Å². The number of anilines is 1. The summed E-state index contributed by atoms with van der Waals surface area (Å²) < 4.78 is 15.8. The summed E-state index contributed by atoms with van der Waals surface area (Å²) >= 11 is 0. The molecule has 0 atom stereocenters. The molecule has 0 radical (unpaired) electrons. The van der Waals surface area contributed by atoms with Gasteiger partial charge in [-0.05, 0) is 36.4 Å². The molecule has 0 aliphatic heterocycles. The Morgan fingerprint density at radius 3 is 2.44 bits per heavy atom. The molecule has 7 heteroatoms. The predicted molar refractivity (Wildman–Crippen MR) is 102 cm³/mol. The third kappa shape index (κ3) is 5.97. The van der Waals surface area contributed by atoms with Crippen molar-refractivity contribution in [3.63, 3.8) is 0 Å². The van der Waals surface area contributed by atoms with E-state index in [1.807, 2.05) is 6.07 Å². The number of hydrogen-bond donors (Lipinski definition) is 2. The van der Waals surface area contributed by atoms with Crippen LogP contribution in [0.2, 0.25) is 0 Å². The molecule has 0 unspecified atom stereocenters. The Hall–Kier alpha value is -3.66. The number of nitriles is 1. The van der Waals surface area contributed by atoms with E-state index in [4.69, 9.17) is 14.2 Å². The maximum Gasteiger partial charge on any atom is 0.267 e. The molecule has 7 nitrogen and oxygen atoms in total. The summed E-state index contributed by atoms with van der Waals surface area (Å²) in [7, 11) is 3.11. The molecule has 0 heterocycles. The van der Waals surface area contributed by atoms with Crippen molar-refractivity contribution in [1.29, 1.82) is 5.26 Å². The Labute approximate surface area is 158 Å². The van der Waals surface area contributed by atoms with E-state index >= 15 is 0 Å². The Balaban J connectivity index is 1.82. The number of nitrogens with zero attached hydrogens (tertiary/aromatic N) is 1. The van der Waals surface area contributed by atoms with Gasteiger partial charge in [-0.15, -0.1) is 0 Å². The Morgan fingerprint density at radius 2 is 1.78 bits per heavy atom. The fourth-order valence-corrected chi connectivity index (χ4v) is 2.16. The summed E-state index contributed by atoms with van der Waals surface area (Å²) in [4.78, 5) is 12.2. The zero-order valence-electron chi connectivity index (χ0n) is 15.2. The largest absolute Gasteiger partial charge is 0.497 e. The summed E-state index contributed by atoms with van der Waals surface area (Å²) in [6.07, 6.45) is 1.36. The topological polar surface area (TPSA) is 92.6 Å². The lowest BCUT2D eigenvalue weighted by molar-refractivity contribution is -0.112. The second-order valence-electron chi connectivity index (χ2n) is 5.30. The molecule has 0 aromatic heterocycles. The van der Waals surface area contributed by atoms with E-state index in [2.05, 4.69) is 10.6 Å². The average molecular weight is 367 g/mol. The van der Waals surface area contributed by atoms with Crippen LogP contribution in [0.15, 0.2) is 60.3 Å². The van der Waals surface area contributed by atoms with Gasteiger partial charge in [-0.3, -0.25) is 4.79 Å². The normalized spacial score (nSPS) is 10.5. The molecule has 140 valence electrons. The van der Waals surface area contributed by atoms with Gasteiger partial charge in [-0.25, -0.2) is 0 Å². The molecule has 0 saturated heterocycles. The van der Waals surface area contributed by atoms with Crippen LogP contribution in [0.5, 0.6) is 17.2 Å². The van der Waals surface area contributed by atoms with Gasteiger partial charge in [0.25, 0.3) is 5.91 Å². The highest BCUT2D eigenvalue weighted by Crippen LogP contribution is 2.23. The minimum atomic E-state index is -0.523. The summed E-state index contributed by atoms with van der Waals surface area (Å²) in [5, 5.41) is 14.7. The van der Waals surface area contributed by atoms with Crippen molar-refractivity contribution in [2.75, 3.05) is 32.7 Å². The lowest BCUT2D eigenvalue weighted by atomic mass is 10.2. The van der Waals surface area contributed by atoms with Gasteiger partial charge in [0.2, 0.25) is 0 Å². The quantitative estimate of drug-likeness (QED) is 0.402. The highest BCUT2D eigenvalue weighted by atomic mass is 16.5. The first kappa shape index (κ1) is 19.7. The zero-order chi connectivity index (χ0) is 19.5. The highest BCUT2D eigenvalue weighted by Gasteiger charge is 2.11. The van der Waals surface area contributed by atoms with Crippen molar-refractivity contribution in [1.82, 2.24) is 5.32 Å². The molecule has 2 rings (SSSR count). The molecule has 0 fully saturated rings. The number of rotatable bonds is 9. The van der Waals surface area contributed by atoms with Gasteiger partial charge < -0.3 is 24.8 Å². The Morgan fingerprint density at radius 1 is 1.07 bits per heavy atom. The van der Waals surface area contributed by atoms with Crippen molar-refractivity contribution in [3.8, 4) is 23.3 Å². The van der Waals surface area contributed by atoms with E-state index in [-0.39, 0.29) is 5.57 Å². The van der Waals surface area contributed by atoms with Gasteiger partial charge in [-0.1, -0.05) is 12.1 Å². The molecule has 0 aliphatic carbocycles. The highest BCUT2D eigenvalue weighted by molar-refractivity contribution is 6.07. The number of ether oxygens (including phenoxy) is 3. The molecular formula is C20H21N3O4. The molecule has 2 N–H and O–H groups in total. The van der Waals surface area contributed by atoms with E-state index in [1.54, 1.807) is 55.6 Å². The van der Waals surface area contributed by atoms with Gasteiger partial charge >= 0.3 is 0 Å². The monoisotopic (exact) mass is 367 g/mol. The fourth-order valence-electron chi connectivity index (χ4n) is 2.16. The molecule has 2 aromatic carbocycles. The van der Waals surface area contributed by atoms with Gasteiger partial charge in [-0.2, -0.15) is 5.26 Å². The third-order valence-corrected chi connectivity index (χ3v) is 3.54. The average Bonchev–Trinajstić information content (AvgIpc) is 2.71. The molecule has 0 aliphatic rings. The molecule has 27 heavy (non-hydrogen) atoms. The summed E-state index contributed by atoms with van der Waals surface area (Å²) in [6, 6.07) is 16.1. The number of para-hydroxylation sites is 2. The smallest absolute Gasteiger partial charge is 0.267 e. The molecule has 1 amide bonds. The number of amides is 1. The lowest BCUT2D eigenvalue weighted by Crippen LogP contribution is -2.20. The number of nitrogens with one attached hydrogen (secondary N) is 2. The minimum absolute atomic E-state index is 0.0506. The Kier molecular flexibility index (Phi) is 7.54. The number of methoxy groups -OCH3 is 2. The second-order valence-corrected chi connectivity index (χ2v) is 5.30. The van der Waals surface area contributed by atoms with E-state index < -0.39 is 5.91 Å². The maximum absolute atomic E-state index is 12.2. The van der Waals surface area contributed by atoms with Crippen LogP contribution in [0.4, 0.5) is 5.69 Å². The van der Waals surface area contributed by atoms with Gasteiger partial charge in [0.05, 0.1) is 19.9 Å². The third-order valence-electron chi connectivity index (χ3n) is 3.54. The minimum Gasteiger partial charge on any atom is -0.497 e. The number of carbonyl (C=O) groups is 1. The Bertz CT molecular complexity index is 826. The second kappa shape index (κ2) is 10.4. The van der Waals surface area contributed by atoms with Crippen LogP contribution < -0.4 is 24.8 Å². The van der Waals surface area contributed by atoms with E-state index in [0.717, 1.165) is 5.75 Å². The SMILES string of the molecule is COc1ccc(OCCN/C=C(/C#N)C(=O)Nc2ccccc2OC)cc1. The van der Waals surface area contributed by atoms with E-state index in [0.29, 0.717) is 30.3 Å². The zero-order valence-corrected chi connectivity index (χ0v) is 15.2. The number of benzene rings is 2. The lowest BCUT2D eigenvalue weighted by Gasteiger charge is -2.09. The van der Waals surface area contributed by atoms with Crippen LogP contribution in [0.25, 0.3) is 0 Å². The van der Waals surface area contributed by atoms with Crippen molar-refractivity contribution in [2.24, 2.45) is 0 Å². The van der Waals surface area contributed by atoms with E-state index in [1.165, 1.54) is 13.3 Å². The fraction of sp³-hybridized carbons (Fsp3) is 0.200. The molecule has 2 aromatic rings. The number of hydrogen-bond acceptors (Lipinski definition) is 6. The summed E-state index contributed by atoms with van der Waals surface area (Å²) in [5.74, 6) is 1.45. The van der Waals surface area contributed by atoms with Crippen LogP contribution in [-0.4, -0.2) is 33.3 Å². The van der Waals surface area contributed by atoms with Crippen LogP contribution in [0.1, 0.15) is 0 Å². The van der Waals surface area contributed by atoms with Gasteiger partial charge in [0.1, 0.15) is 35.5 Å². The first-order valence-corrected chi connectivity index (χ1v) is 8.22. The first-order chi connectivity index (χ1) is 13.2. The van der Waals surface area contributed by atoms with Crippen molar-refractivity contribution in [3.05, 3.63) is 60.3 Å². The van der Waals surface area contributed by atoms with Gasteiger partial charge in [0, 0.05) is 12.7 Å². The van der Waals surface area contributed by atoms with Crippen LogP contribution in [0, 0.1) is 11.3 Å². The van der Waals surface area contributed by atoms with Crippen molar-refractivity contribution >= 4 is 11.6 Å². The van der Waals surface area contributed by atoms with Crippen LogP contribution in [-0.2, 0) is 4.79 Å². The summed E-state index contributed by atoms with van der Waals surface area (Å²) in [6.45, 7) is 0.800. The maximum atomic E-state index is 12.2. The van der Waals surface area contributed by atoms with Gasteiger partial charge in [0.15, 0.2) is 0 Å². The molecule has 0 bridgehead atoms. The van der Waals surface area contributed by atoms with Crippen molar-refractivity contribution < 1.29 is 19.0 Å². The predicted octanol–water partition coefficient (Wildman–Crippen LogP) is 2.72. The molecular weight excluding hydrogens is 346 g/mol. The van der Waals surface area contributed by atoms with Crippen LogP contribution in [0.3, 0.4) is 0 Å². The number of carbonyl (C=O) groups excluding carboxylic acids is 1. The molecule has 0 saturated carbocycles.